The zero-order chi connectivity index (χ0) is 21.4. The SMILES string of the molecule is COc1cc(Br)nc(NC(=O)[N-]S(=O)(=O)Oc2ccccc2C(=O)OCCI)n1.[Na+]. The maximum atomic E-state index is 12.1. The largest absolute Gasteiger partial charge is 1.00 e. The number of carbonyl (C=O) groups excluding carboxylic acids is 2. The van der Waals surface area contributed by atoms with Crippen molar-refractivity contribution in [1.29, 1.82) is 0 Å². The molecule has 1 N–H and O–H groups in total. The number of aromatic nitrogens is 2. The van der Waals surface area contributed by atoms with Gasteiger partial charge in [0, 0.05) is 10.5 Å². The molecular weight excluding hydrogens is 610 g/mol. The molecule has 30 heavy (non-hydrogen) atoms. The first-order chi connectivity index (χ1) is 13.7. The molecule has 0 aliphatic carbocycles. The van der Waals surface area contributed by atoms with Crippen LogP contribution in [-0.4, -0.2) is 48.5 Å². The van der Waals surface area contributed by atoms with Gasteiger partial charge < -0.3 is 19.0 Å². The predicted molar refractivity (Wildman–Crippen MR) is 114 cm³/mol. The molecule has 0 bridgehead atoms. The van der Waals surface area contributed by atoms with E-state index in [2.05, 4.69) is 35.9 Å². The number of rotatable bonds is 8. The van der Waals surface area contributed by atoms with Crippen LogP contribution < -0.4 is 43.8 Å². The molecule has 0 aliphatic rings. The average molecular weight is 623 g/mol. The van der Waals surface area contributed by atoms with Gasteiger partial charge in [-0.25, -0.2) is 9.78 Å². The van der Waals surface area contributed by atoms with E-state index in [9.17, 15) is 18.0 Å². The van der Waals surface area contributed by atoms with E-state index in [1.807, 2.05) is 22.6 Å². The summed E-state index contributed by atoms with van der Waals surface area (Å²) >= 11 is 5.10. The molecule has 0 saturated heterocycles. The number of nitrogens with zero attached hydrogens (tertiary/aromatic N) is 3. The fourth-order valence-electron chi connectivity index (χ4n) is 1.83. The molecule has 0 spiro atoms. The van der Waals surface area contributed by atoms with Gasteiger partial charge in [-0.2, -0.15) is 13.4 Å². The van der Waals surface area contributed by atoms with Crippen molar-refractivity contribution < 1.29 is 61.2 Å². The Morgan fingerprint density at radius 1 is 1.27 bits per heavy atom. The molecule has 0 unspecified atom stereocenters. The number of benzene rings is 1. The number of ether oxygens (including phenoxy) is 2. The first kappa shape index (κ1) is 26.8. The standard InChI is InChI=1S/C15H14BrIN4O7S.Na/c1-26-12-8-11(16)18-14(19-12)20-15(23)21-29(24,25)28-10-5-3-2-4-9(10)13(22)27-7-6-17;/h2-5,8H,6-7H2,1H3,(H2,18,19,20,21,23);/q;+1/p-1. The molecule has 15 heteroatoms. The molecule has 1 heterocycles. The van der Waals surface area contributed by atoms with E-state index in [4.69, 9.17) is 13.7 Å². The Bertz CT molecular complexity index is 1010. The quantitative estimate of drug-likeness (QED) is 0.142. The van der Waals surface area contributed by atoms with E-state index < -0.39 is 22.3 Å². The number of alkyl halides is 1. The van der Waals surface area contributed by atoms with Gasteiger partial charge in [0.25, 0.3) is 0 Å². The van der Waals surface area contributed by atoms with Crippen molar-refractivity contribution >= 4 is 66.8 Å². The number of amides is 2. The Hall–Kier alpha value is -1.20. The maximum Gasteiger partial charge on any atom is 1.00 e. The molecule has 0 atom stereocenters. The molecule has 2 aromatic rings. The number of carbonyl (C=O) groups is 2. The van der Waals surface area contributed by atoms with Crippen LogP contribution in [0.15, 0.2) is 34.9 Å². The number of urea groups is 1. The smallest absolute Gasteiger partial charge is 0.481 e. The van der Waals surface area contributed by atoms with E-state index >= 15 is 0 Å². The van der Waals surface area contributed by atoms with Crippen molar-refractivity contribution in [2.24, 2.45) is 0 Å². The van der Waals surface area contributed by atoms with Crippen LogP contribution in [0.3, 0.4) is 0 Å². The Morgan fingerprint density at radius 2 is 1.97 bits per heavy atom. The Morgan fingerprint density at radius 3 is 2.63 bits per heavy atom. The van der Waals surface area contributed by atoms with Crippen LogP contribution >= 0.6 is 38.5 Å². The molecular formula is C15H13BrIN4NaO7S. The van der Waals surface area contributed by atoms with Crippen molar-refractivity contribution in [3.05, 3.63) is 45.2 Å². The van der Waals surface area contributed by atoms with Gasteiger partial charge in [0.15, 0.2) is 11.8 Å². The minimum atomic E-state index is -4.75. The maximum absolute atomic E-state index is 12.1. The molecule has 2 rings (SSSR count). The Labute approximate surface area is 216 Å². The summed E-state index contributed by atoms with van der Waals surface area (Å²) in [7, 11) is -3.40. The first-order valence-electron chi connectivity index (χ1n) is 7.63. The third-order valence-corrected chi connectivity index (χ3v) is 4.53. The second-order valence-electron chi connectivity index (χ2n) is 4.91. The van der Waals surface area contributed by atoms with Gasteiger partial charge in [-0.15, -0.1) is 0 Å². The van der Waals surface area contributed by atoms with Gasteiger partial charge in [0.1, 0.15) is 22.7 Å². The van der Waals surface area contributed by atoms with Crippen molar-refractivity contribution in [3.8, 4) is 11.6 Å². The third kappa shape index (κ3) is 8.50. The summed E-state index contributed by atoms with van der Waals surface area (Å²) in [6, 6.07) is 5.62. The number of anilines is 1. The molecule has 11 nitrogen and oxygen atoms in total. The topological polar surface area (TPSA) is 148 Å². The fraction of sp³-hybridized carbons (Fsp3) is 0.200. The van der Waals surface area contributed by atoms with Gasteiger partial charge >= 0.3 is 45.8 Å². The summed E-state index contributed by atoms with van der Waals surface area (Å²) in [5.74, 6) is -1.22. The first-order valence-corrected chi connectivity index (χ1v) is 11.3. The van der Waals surface area contributed by atoms with E-state index in [1.165, 1.54) is 37.4 Å². The summed E-state index contributed by atoms with van der Waals surface area (Å²) in [6.07, 6.45) is 0. The van der Waals surface area contributed by atoms with Crippen molar-refractivity contribution in [2.75, 3.05) is 23.5 Å². The van der Waals surface area contributed by atoms with Crippen molar-refractivity contribution in [1.82, 2.24) is 9.97 Å². The van der Waals surface area contributed by atoms with Crippen LogP contribution in [0.2, 0.25) is 0 Å². The monoisotopic (exact) mass is 622 g/mol. The van der Waals surface area contributed by atoms with Gasteiger partial charge in [-0.3, -0.25) is 9.52 Å². The minimum absolute atomic E-state index is 0. The van der Waals surface area contributed by atoms with Crippen molar-refractivity contribution in [3.63, 3.8) is 0 Å². The van der Waals surface area contributed by atoms with Gasteiger partial charge in [-0.1, -0.05) is 34.7 Å². The number of para-hydroxylation sites is 1. The summed E-state index contributed by atoms with van der Waals surface area (Å²) < 4.78 is 42.7. The molecule has 0 saturated carbocycles. The second kappa shape index (κ2) is 12.6. The third-order valence-electron chi connectivity index (χ3n) is 2.91. The van der Waals surface area contributed by atoms with Crippen LogP contribution in [-0.2, 0) is 15.0 Å². The number of esters is 1. The molecule has 1 aromatic heterocycles. The number of halogens is 2. The van der Waals surface area contributed by atoms with Gasteiger partial charge in [0.05, 0.1) is 7.11 Å². The Balaban J connectivity index is 0.00000450. The van der Waals surface area contributed by atoms with E-state index in [0.717, 1.165) is 0 Å². The summed E-state index contributed by atoms with van der Waals surface area (Å²) in [5, 5.41) is 2.08. The second-order valence-corrected chi connectivity index (χ2v) is 8.01. The van der Waals surface area contributed by atoms with Gasteiger partial charge in [-0.05, 0) is 28.1 Å². The van der Waals surface area contributed by atoms with Crippen LogP contribution in [0.5, 0.6) is 11.6 Å². The zero-order valence-corrected chi connectivity index (χ0v) is 22.2. The number of hydrogen-bond acceptors (Lipinski definition) is 9. The molecule has 1 aromatic carbocycles. The molecule has 0 fully saturated rings. The van der Waals surface area contributed by atoms with Gasteiger partial charge in [0.2, 0.25) is 5.88 Å². The predicted octanol–water partition coefficient (Wildman–Crippen LogP) is 0.0729. The minimum Gasteiger partial charge on any atom is -0.481 e. The number of methoxy groups -OCH3 is 1. The van der Waals surface area contributed by atoms with E-state index in [0.29, 0.717) is 4.43 Å². The number of hydrogen-bond donors (Lipinski definition) is 1. The Kier molecular flexibility index (Phi) is 11.3. The summed E-state index contributed by atoms with van der Waals surface area (Å²) in [4.78, 5) is 31.6. The molecule has 0 aliphatic heterocycles. The van der Waals surface area contributed by atoms with Crippen LogP contribution in [0.25, 0.3) is 4.72 Å². The fourth-order valence-corrected chi connectivity index (χ4v) is 3.07. The van der Waals surface area contributed by atoms with Crippen molar-refractivity contribution in [2.45, 2.75) is 0 Å². The molecule has 0 radical (unpaired) electrons. The van der Waals surface area contributed by atoms with E-state index in [-0.39, 0.29) is 63.9 Å². The summed E-state index contributed by atoms with van der Waals surface area (Å²) in [5.41, 5.74) is -0.128. The molecule has 156 valence electrons. The van der Waals surface area contributed by atoms with Crippen LogP contribution in [0.1, 0.15) is 10.4 Å². The van der Waals surface area contributed by atoms with Crippen LogP contribution in [0, 0.1) is 0 Å². The molecule has 2 amide bonds. The average Bonchev–Trinajstić information content (AvgIpc) is 2.65. The normalized spacial score (nSPS) is 10.4. The van der Waals surface area contributed by atoms with Crippen LogP contribution in [0.4, 0.5) is 10.7 Å². The van der Waals surface area contributed by atoms with E-state index in [1.54, 1.807) is 0 Å². The summed E-state index contributed by atoms with van der Waals surface area (Å²) in [6.45, 7) is 0.142. The zero-order valence-electron chi connectivity index (χ0n) is 15.7. The number of nitrogens with one attached hydrogen (secondary N) is 1.